The van der Waals surface area contributed by atoms with Crippen molar-refractivity contribution in [1.82, 2.24) is 0 Å². The van der Waals surface area contributed by atoms with Gasteiger partial charge in [0, 0.05) is 23.3 Å². The lowest BCUT2D eigenvalue weighted by Crippen LogP contribution is -2.52. The van der Waals surface area contributed by atoms with Crippen LogP contribution in [0, 0.1) is 28.5 Å². The van der Waals surface area contributed by atoms with E-state index in [1.165, 1.54) is 17.0 Å². The van der Waals surface area contributed by atoms with Gasteiger partial charge < -0.3 is 9.47 Å². The van der Waals surface area contributed by atoms with Crippen molar-refractivity contribution >= 4 is 28.3 Å². The van der Waals surface area contributed by atoms with Gasteiger partial charge in [0.1, 0.15) is 11.6 Å². The minimum atomic E-state index is -1.07. The van der Waals surface area contributed by atoms with Crippen molar-refractivity contribution < 1.29 is 23.5 Å². The van der Waals surface area contributed by atoms with E-state index in [0.717, 1.165) is 0 Å². The summed E-state index contributed by atoms with van der Waals surface area (Å²) < 4.78 is 26.0. The largest absolute Gasteiger partial charge is 0.493 e. The van der Waals surface area contributed by atoms with E-state index in [-0.39, 0.29) is 24.2 Å². The molecule has 182 valence electrons. The molecule has 3 aliphatic rings. The van der Waals surface area contributed by atoms with Gasteiger partial charge in [-0.3, -0.25) is 9.59 Å². The fraction of sp³-hybridized carbons (Fsp3) is 0.345. The number of ether oxygens (including phenoxy) is 2. The normalized spacial score (nSPS) is 30.6. The molecule has 6 rings (SSSR count). The number of fused-ring (bicyclic) bond motifs is 6. The first-order chi connectivity index (χ1) is 17.2. The molecule has 3 aliphatic heterocycles. The highest BCUT2D eigenvalue weighted by molar-refractivity contribution is 6.27. The van der Waals surface area contributed by atoms with Crippen molar-refractivity contribution in [3.63, 3.8) is 0 Å². The molecule has 0 aromatic heterocycles. The molecule has 7 heteroatoms. The highest BCUT2D eigenvalue weighted by atomic mass is 19.1. The van der Waals surface area contributed by atoms with Crippen molar-refractivity contribution in [2.45, 2.75) is 44.3 Å². The second-order valence-electron chi connectivity index (χ2n) is 10.4. The van der Waals surface area contributed by atoms with E-state index in [2.05, 4.69) is 6.07 Å². The topological polar surface area (TPSA) is 79.6 Å². The van der Waals surface area contributed by atoms with E-state index in [4.69, 9.17) is 9.47 Å². The summed E-state index contributed by atoms with van der Waals surface area (Å²) in [6.45, 7) is 3.99. The van der Waals surface area contributed by atoms with Gasteiger partial charge in [0.05, 0.1) is 46.5 Å². The number of anilines is 1. The summed E-state index contributed by atoms with van der Waals surface area (Å²) in [6.07, 6.45) is 1.69. The van der Waals surface area contributed by atoms with Gasteiger partial charge in [-0.1, -0.05) is 30.3 Å². The number of imide groups is 1. The summed E-state index contributed by atoms with van der Waals surface area (Å²) in [4.78, 5) is 29.5. The molecule has 3 aromatic rings. The monoisotopic (exact) mass is 484 g/mol. The minimum Gasteiger partial charge on any atom is -0.493 e. The van der Waals surface area contributed by atoms with Gasteiger partial charge in [-0.2, -0.15) is 5.26 Å². The fourth-order valence-electron chi connectivity index (χ4n) is 6.86. The average Bonchev–Trinajstić information content (AvgIpc) is 3.39. The lowest BCUT2D eigenvalue weighted by atomic mass is 9.58. The molecule has 3 heterocycles. The number of nitriles is 1. The molecule has 2 bridgehead atoms. The lowest BCUT2D eigenvalue weighted by Gasteiger charge is -2.40. The van der Waals surface area contributed by atoms with Crippen molar-refractivity contribution in [3.05, 3.63) is 72.0 Å². The highest BCUT2D eigenvalue weighted by Gasteiger charge is 2.80. The SMILES string of the molecule is CC12CCC(CCOc3cccc(F)c3)(O1)[C@]1(C)C(=O)N(c3ccc(C#N)c4ccccc34)C(=O)[C@H]21. The van der Waals surface area contributed by atoms with E-state index in [1.807, 2.05) is 38.1 Å². The van der Waals surface area contributed by atoms with Crippen LogP contribution in [0.15, 0.2) is 60.7 Å². The molecule has 0 aliphatic carbocycles. The average molecular weight is 485 g/mol. The van der Waals surface area contributed by atoms with Crippen LogP contribution >= 0.6 is 0 Å². The Labute approximate surface area is 208 Å². The zero-order chi connectivity index (χ0) is 25.3. The van der Waals surface area contributed by atoms with Crippen LogP contribution in [0.3, 0.4) is 0 Å². The van der Waals surface area contributed by atoms with Crippen LogP contribution in [0.2, 0.25) is 0 Å². The van der Waals surface area contributed by atoms with E-state index in [9.17, 15) is 19.2 Å². The van der Waals surface area contributed by atoms with E-state index in [1.54, 1.807) is 24.3 Å². The molecule has 2 unspecified atom stereocenters. The molecule has 0 saturated carbocycles. The number of benzene rings is 3. The maximum Gasteiger partial charge on any atom is 0.243 e. The Morgan fingerprint density at radius 3 is 2.61 bits per heavy atom. The molecule has 4 atom stereocenters. The maximum atomic E-state index is 14.2. The smallest absolute Gasteiger partial charge is 0.243 e. The molecular formula is C29H25FN2O4. The molecule has 0 N–H and O–H groups in total. The zero-order valence-corrected chi connectivity index (χ0v) is 20.1. The van der Waals surface area contributed by atoms with E-state index >= 15 is 0 Å². The molecule has 3 saturated heterocycles. The number of nitrogens with zero attached hydrogens (tertiary/aromatic N) is 2. The Morgan fingerprint density at radius 2 is 1.86 bits per heavy atom. The predicted octanol–water partition coefficient (Wildman–Crippen LogP) is 5.14. The van der Waals surface area contributed by atoms with Crippen LogP contribution in [0.25, 0.3) is 10.8 Å². The van der Waals surface area contributed by atoms with Crippen LogP contribution in [0.1, 0.15) is 38.7 Å². The fourth-order valence-corrected chi connectivity index (χ4v) is 6.86. The standard InChI is InChI=1S/C29H25FN2O4/c1-27-12-13-29(36-27,14-15-35-20-7-5-6-19(30)16-20)28(2)24(27)25(33)32(26(28)34)23-11-10-18(17-31)21-8-3-4-9-22(21)23/h3-11,16,24H,12-15H2,1-2H3/t24-,27?,28+,29?/m1/s1. The Kier molecular flexibility index (Phi) is 4.80. The van der Waals surface area contributed by atoms with Crippen molar-refractivity contribution in [3.8, 4) is 11.8 Å². The van der Waals surface area contributed by atoms with Gasteiger partial charge in [0.15, 0.2) is 0 Å². The first kappa shape index (κ1) is 22.7. The van der Waals surface area contributed by atoms with Crippen LogP contribution in [-0.4, -0.2) is 29.6 Å². The van der Waals surface area contributed by atoms with Crippen LogP contribution in [0.4, 0.5) is 10.1 Å². The van der Waals surface area contributed by atoms with Gasteiger partial charge in [0.25, 0.3) is 0 Å². The second-order valence-corrected chi connectivity index (χ2v) is 10.4. The summed E-state index contributed by atoms with van der Waals surface area (Å²) in [5.74, 6) is -1.17. The first-order valence-corrected chi connectivity index (χ1v) is 12.1. The van der Waals surface area contributed by atoms with Gasteiger partial charge in [-0.25, -0.2) is 9.29 Å². The molecule has 3 fully saturated rings. The lowest BCUT2D eigenvalue weighted by molar-refractivity contribution is -0.138. The first-order valence-electron chi connectivity index (χ1n) is 12.1. The number of hydrogen-bond donors (Lipinski definition) is 0. The number of halogens is 1. The summed E-state index contributed by atoms with van der Waals surface area (Å²) in [7, 11) is 0. The van der Waals surface area contributed by atoms with Crippen molar-refractivity contribution in [2.75, 3.05) is 11.5 Å². The van der Waals surface area contributed by atoms with Crippen LogP contribution in [0.5, 0.6) is 5.75 Å². The molecule has 6 nitrogen and oxygen atoms in total. The molecule has 3 aromatic carbocycles. The van der Waals surface area contributed by atoms with Crippen LogP contribution < -0.4 is 9.64 Å². The third-order valence-corrected chi connectivity index (χ3v) is 8.54. The third-order valence-electron chi connectivity index (χ3n) is 8.54. The second kappa shape index (κ2) is 7.62. The number of carbonyl (C=O) groups excluding carboxylic acids is 2. The number of hydrogen-bond acceptors (Lipinski definition) is 5. The highest BCUT2D eigenvalue weighted by Crippen LogP contribution is 2.68. The molecule has 36 heavy (non-hydrogen) atoms. The quantitative estimate of drug-likeness (QED) is 0.469. The number of rotatable bonds is 5. The Balaban J connectivity index is 1.38. The van der Waals surface area contributed by atoms with E-state index < -0.39 is 22.5 Å². The number of carbonyl (C=O) groups is 2. The number of amides is 2. The maximum absolute atomic E-state index is 14.2. The van der Waals surface area contributed by atoms with Gasteiger partial charge >= 0.3 is 0 Å². The summed E-state index contributed by atoms with van der Waals surface area (Å²) in [6, 6.07) is 18.8. The molecule has 0 radical (unpaired) electrons. The molecular weight excluding hydrogens is 459 g/mol. The summed E-state index contributed by atoms with van der Waals surface area (Å²) >= 11 is 0. The molecule has 2 amide bonds. The summed E-state index contributed by atoms with van der Waals surface area (Å²) in [5, 5.41) is 10.9. The summed E-state index contributed by atoms with van der Waals surface area (Å²) in [5.41, 5.74) is -1.73. The Morgan fingerprint density at radius 1 is 1.08 bits per heavy atom. The van der Waals surface area contributed by atoms with Crippen LogP contribution in [-0.2, 0) is 14.3 Å². The third kappa shape index (κ3) is 2.85. The Bertz CT molecular complexity index is 1480. The Hall–Kier alpha value is -3.76. The molecule has 0 spiro atoms. The van der Waals surface area contributed by atoms with Crippen molar-refractivity contribution in [1.29, 1.82) is 5.26 Å². The predicted molar refractivity (Wildman–Crippen MR) is 131 cm³/mol. The van der Waals surface area contributed by atoms with Gasteiger partial charge in [0.2, 0.25) is 11.8 Å². The zero-order valence-electron chi connectivity index (χ0n) is 20.1. The minimum absolute atomic E-state index is 0.225. The van der Waals surface area contributed by atoms with Crippen molar-refractivity contribution in [2.24, 2.45) is 11.3 Å². The van der Waals surface area contributed by atoms with Gasteiger partial charge in [-0.05, 0) is 51.0 Å². The van der Waals surface area contributed by atoms with E-state index in [0.29, 0.717) is 47.0 Å². The van der Waals surface area contributed by atoms with Gasteiger partial charge in [-0.15, -0.1) is 0 Å².